The molecule has 0 saturated heterocycles. The Balaban J connectivity index is 1.87. The normalized spacial score (nSPS) is 13.9. The summed E-state index contributed by atoms with van der Waals surface area (Å²) in [7, 11) is 0. The van der Waals surface area contributed by atoms with Gasteiger partial charge in [0.05, 0.1) is 22.1 Å². The molecule has 10 heteroatoms. The molecule has 0 bridgehead atoms. The van der Waals surface area contributed by atoms with Crippen molar-refractivity contribution in [2.75, 3.05) is 6.54 Å². The number of hydrogen-bond acceptors (Lipinski definition) is 3. The Kier molecular flexibility index (Phi) is 5.38. The number of rotatable bonds is 4. The molecule has 1 aliphatic heterocycles. The van der Waals surface area contributed by atoms with Crippen molar-refractivity contribution < 1.29 is 22.3 Å². The fourth-order valence-corrected chi connectivity index (χ4v) is 3.54. The smallest absolute Gasteiger partial charge is 0.406 e. The van der Waals surface area contributed by atoms with Gasteiger partial charge < -0.3 is 10.1 Å². The summed E-state index contributed by atoms with van der Waals surface area (Å²) in [5, 5.41) is 7.60. The molecule has 0 unspecified atom stereocenters. The van der Waals surface area contributed by atoms with E-state index in [0.717, 1.165) is 24.6 Å². The van der Waals surface area contributed by atoms with Gasteiger partial charge in [-0.3, -0.25) is 0 Å². The van der Waals surface area contributed by atoms with Gasteiger partial charge in [0.2, 0.25) is 0 Å². The van der Waals surface area contributed by atoms with Crippen molar-refractivity contribution in [2.24, 2.45) is 0 Å². The van der Waals surface area contributed by atoms with Crippen molar-refractivity contribution in [2.45, 2.75) is 12.8 Å². The molecule has 1 N–H and O–H groups in total. The summed E-state index contributed by atoms with van der Waals surface area (Å²) in [6, 6.07) is 9.54. The molecule has 0 spiro atoms. The molecular weight excluding hydrogens is 445 g/mol. The number of hydrogen-bond donors (Lipinski definition) is 1. The first-order chi connectivity index (χ1) is 14.2. The van der Waals surface area contributed by atoms with Crippen LogP contribution in [0.15, 0.2) is 48.7 Å². The highest BCUT2D eigenvalue weighted by Crippen LogP contribution is 2.35. The van der Waals surface area contributed by atoms with E-state index in [2.05, 4.69) is 15.2 Å². The van der Waals surface area contributed by atoms with Crippen LogP contribution in [0.25, 0.3) is 22.5 Å². The second-order valence-electron chi connectivity index (χ2n) is 6.52. The second-order valence-corrected chi connectivity index (χ2v) is 7.37. The maximum atomic E-state index is 13.6. The molecule has 156 valence electrons. The molecule has 1 aliphatic rings. The average molecular weight is 458 g/mol. The van der Waals surface area contributed by atoms with Gasteiger partial charge >= 0.3 is 6.36 Å². The molecule has 1 aromatic heterocycles. The number of aromatic nitrogens is 2. The quantitative estimate of drug-likeness (QED) is 0.472. The van der Waals surface area contributed by atoms with Gasteiger partial charge in [-0.2, -0.15) is 5.10 Å². The van der Waals surface area contributed by atoms with Gasteiger partial charge in [-0.15, -0.1) is 13.2 Å². The van der Waals surface area contributed by atoms with Crippen LogP contribution >= 0.6 is 23.2 Å². The number of alkyl halides is 3. The first-order valence-corrected chi connectivity index (χ1v) is 9.50. The maximum absolute atomic E-state index is 13.6. The van der Waals surface area contributed by atoms with Crippen LogP contribution < -0.4 is 10.1 Å². The minimum Gasteiger partial charge on any atom is -0.406 e. The Morgan fingerprint density at radius 2 is 1.87 bits per heavy atom. The van der Waals surface area contributed by atoms with E-state index in [1.807, 2.05) is 6.20 Å². The fraction of sp³-hybridized carbons (Fsp3) is 0.150. The zero-order chi connectivity index (χ0) is 21.5. The number of halogens is 6. The largest absolute Gasteiger partial charge is 0.573 e. The lowest BCUT2D eigenvalue weighted by Crippen LogP contribution is -2.17. The Hall–Kier alpha value is -2.71. The summed E-state index contributed by atoms with van der Waals surface area (Å²) in [4.78, 5) is 0. The summed E-state index contributed by atoms with van der Waals surface area (Å²) >= 11 is 12.0. The van der Waals surface area contributed by atoms with E-state index in [1.54, 1.807) is 6.07 Å². The van der Waals surface area contributed by atoms with Crippen LogP contribution in [0.2, 0.25) is 10.0 Å². The first kappa shape index (κ1) is 20.6. The van der Waals surface area contributed by atoms with Crippen LogP contribution in [0.4, 0.5) is 17.6 Å². The third-order valence-electron chi connectivity index (χ3n) is 4.40. The lowest BCUT2D eigenvalue weighted by Gasteiger charge is -2.12. The van der Waals surface area contributed by atoms with Gasteiger partial charge in [0, 0.05) is 23.3 Å². The van der Waals surface area contributed by atoms with Crippen molar-refractivity contribution >= 4 is 28.8 Å². The summed E-state index contributed by atoms with van der Waals surface area (Å²) in [6.07, 6.45) is -2.30. The molecule has 4 rings (SSSR count). The molecule has 0 amide bonds. The fourth-order valence-electron chi connectivity index (χ4n) is 3.14. The van der Waals surface area contributed by atoms with E-state index >= 15 is 0 Å². The van der Waals surface area contributed by atoms with Gasteiger partial charge in [0.1, 0.15) is 11.6 Å². The summed E-state index contributed by atoms with van der Waals surface area (Å²) in [5.41, 5.74) is 2.76. The minimum absolute atomic E-state index is 0.0555. The highest BCUT2D eigenvalue weighted by Gasteiger charge is 2.31. The van der Waals surface area contributed by atoms with Crippen LogP contribution in [0.5, 0.6) is 5.75 Å². The van der Waals surface area contributed by atoms with E-state index < -0.39 is 17.9 Å². The van der Waals surface area contributed by atoms with Crippen LogP contribution in [0, 0.1) is 5.82 Å². The number of ether oxygens (including phenoxy) is 1. The first-order valence-electron chi connectivity index (χ1n) is 8.74. The monoisotopic (exact) mass is 457 g/mol. The van der Waals surface area contributed by atoms with Crippen LogP contribution in [-0.2, 0) is 0 Å². The molecule has 4 nitrogen and oxygen atoms in total. The Morgan fingerprint density at radius 3 is 2.53 bits per heavy atom. The lowest BCUT2D eigenvalue weighted by molar-refractivity contribution is -0.274. The molecule has 0 radical (unpaired) electrons. The van der Waals surface area contributed by atoms with Gasteiger partial charge in [-0.1, -0.05) is 23.2 Å². The van der Waals surface area contributed by atoms with Gasteiger partial charge in [-0.25, -0.2) is 9.07 Å². The van der Waals surface area contributed by atoms with Crippen molar-refractivity contribution in [3.63, 3.8) is 0 Å². The van der Waals surface area contributed by atoms with E-state index in [-0.39, 0.29) is 10.0 Å². The highest BCUT2D eigenvalue weighted by molar-refractivity contribution is 6.31. The molecule has 3 aromatic rings. The molecule has 2 heterocycles. The highest BCUT2D eigenvalue weighted by atomic mass is 35.5. The SMILES string of the molecule is Fc1ccc(-n2nc(C3=CNCC3)cc2-c2cc(Cl)cc(OC(F)(F)F)c2)cc1Cl. The van der Waals surface area contributed by atoms with E-state index in [1.165, 1.54) is 35.0 Å². The zero-order valence-electron chi connectivity index (χ0n) is 15.1. The minimum atomic E-state index is -4.86. The zero-order valence-corrected chi connectivity index (χ0v) is 16.6. The van der Waals surface area contributed by atoms with Crippen molar-refractivity contribution in [1.82, 2.24) is 15.1 Å². The molecule has 0 fully saturated rings. The average Bonchev–Trinajstić information content (AvgIpc) is 3.31. The predicted octanol–water partition coefficient (Wildman–Crippen LogP) is 6.22. The summed E-state index contributed by atoms with van der Waals surface area (Å²) in [5.74, 6) is -1.06. The molecule has 0 saturated carbocycles. The molecule has 30 heavy (non-hydrogen) atoms. The van der Waals surface area contributed by atoms with E-state index in [4.69, 9.17) is 23.2 Å². The molecule has 2 aromatic carbocycles. The van der Waals surface area contributed by atoms with Crippen LogP contribution in [0.3, 0.4) is 0 Å². The molecular formula is C20H13Cl2F4N3O. The van der Waals surface area contributed by atoms with Crippen LogP contribution in [0.1, 0.15) is 12.1 Å². The van der Waals surface area contributed by atoms with Gasteiger partial charge in [-0.05, 0) is 54.5 Å². The Morgan fingerprint density at radius 1 is 1.07 bits per heavy atom. The maximum Gasteiger partial charge on any atom is 0.573 e. The van der Waals surface area contributed by atoms with Gasteiger partial charge in [0.15, 0.2) is 0 Å². The van der Waals surface area contributed by atoms with Crippen molar-refractivity contribution in [3.05, 3.63) is 70.2 Å². The number of nitrogens with zero attached hydrogens (tertiary/aromatic N) is 2. The van der Waals surface area contributed by atoms with E-state index in [0.29, 0.717) is 22.6 Å². The number of benzene rings is 2. The summed E-state index contributed by atoms with van der Waals surface area (Å²) < 4.78 is 57.2. The van der Waals surface area contributed by atoms with Crippen molar-refractivity contribution in [1.29, 1.82) is 0 Å². The summed E-state index contributed by atoms with van der Waals surface area (Å²) in [6.45, 7) is 0.751. The van der Waals surface area contributed by atoms with Gasteiger partial charge in [0.25, 0.3) is 0 Å². The Labute approximate surface area is 178 Å². The topological polar surface area (TPSA) is 39.1 Å². The Bertz CT molecular complexity index is 1140. The third kappa shape index (κ3) is 4.39. The predicted molar refractivity (Wildman–Crippen MR) is 106 cm³/mol. The molecule has 0 aliphatic carbocycles. The third-order valence-corrected chi connectivity index (χ3v) is 4.91. The van der Waals surface area contributed by atoms with Crippen LogP contribution in [-0.4, -0.2) is 22.7 Å². The molecule has 0 atom stereocenters. The van der Waals surface area contributed by atoms with Crippen molar-refractivity contribution in [3.8, 4) is 22.7 Å². The second kappa shape index (κ2) is 7.85. The lowest BCUT2D eigenvalue weighted by atomic mass is 10.1. The standard InChI is InChI=1S/C20H13Cl2F4N3O/c21-13-5-12(6-15(7-13)30-20(24,25)26)19-9-18(11-3-4-27-10-11)28-29(19)14-1-2-17(23)16(22)8-14/h1-2,5-10,27H,3-4H2. The number of nitrogens with one attached hydrogen (secondary N) is 1. The van der Waals surface area contributed by atoms with E-state index in [9.17, 15) is 17.6 Å².